The number of hydrogen-bond acceptors (Lipinski definition) is 5. The van der Waals surface area contributed by atoms with Crippen LogP contribution >= 0.6 is 0 Å². The first kappa shape index (κ1) is 15.0. The van der Waals surface area contributed by atoms with Crippen LogP contribution in [0.5, 0.6) is 0 Å². The van der Waals surface area contributed by atoms with Crippen molar-refractivity contribution in [3.63, 3.8) is 0 Å². The third-order valence-corrected chi connectivity index (χ3v) is 4.86. The molecule has 4 heterocycles. The summed E-state index contributed by atoms with van der Waals surface area (Å²) in [5, 5.41) is 0. The van der Waals surface area contributed by atoms with Crippen LogP contribution in [0.25, 0.3) is 0 Å². The summed E-state index contributed by atoms with van der Waals surface area (Å²) in [4.78, 5) is 25.0. The number of cyclic esters (lactones) is 1. The van der Waals surface area contributed by atoms with E-state index in [2.05, 4.69) is 22.1 Å². The second-order valence-corrected chi connectivity index (χ2v) is 6.44. The Hall–Kier alpha value is -3.34. The number of aliphatic imine (C=N–C) groups is 1. The van der Waals surface area contributed by atoms with Gasteiger partial charge in [-0.25, -0.2) is 0 Å². The average molecular weight is 341 g/mol. The van der Waals surface area contributed by atoms with E-state index < -0.39 is 6.10 Å². The topological polar surface area (TPSA) is 64.4 Å². The van der Waals surface area contributed by atoms with Crippen molar-refractivity contribution in [1.82, 2.24) is 9.97 Å². The van der Waals surface area contributed by atoms with Gasteiger partial charge in [0.05, 0.1) is 18.7 Å². The third kappa shape index (κ3) is 2.40. The molecular formula is C21H15N3O2. The van der Waals surface area contributed by atoms with Crippen LogP contribution in [-0.4, -0.2) is 21.6 Å². The monoisotopic (exact) mass is 341 g/mol. The van der Waals surface area contributed by atoms with Crippen LogP contribution in [0.1, 0.15) is 39.5 Å². The summed E-state index contributed by atoms with van der Waals surface area (Å²) in [7, 11) is 0. The van der Waals surface area contributed by atoms with Gasteiger partial charge in [-0.3, -0.25) is 19.8 Å². The minimum absolute atomic E-state index is 0.201. The summed E-state index contributed by atoms with van der Waals surface area (Å²) >= 11 is 0. The predicted octanol–water partition coefficient (Wildman–Crippen LogP) is 3.02. The number of pyridine rings is 2. The molecule has 2 aromatic heterocycles. The Labute approximate surface area is 150 Å². The fourth-order valence-electron chi connectivity index (χ4n) is 3.64. The molecule has 26 heavy (non-hydrogen) atoms. The van der Waals surface area contributed by atoms with Crippen LogP contribution in [0.3, 0.4) is 0 Å². The Morgan fingerprint density at radius 2 is 1.65 bits per heavy atom. The average Bonchev–Trinajstić information content (AvgIpc) is 3.10. The molecule has 5 rings (SSSR count). The molecule has 0 aliphatic carbocycles. The summed E-state index contributed by atoms with van der Waals surface area (Å²) < 4.78 is 5.68. The van der Waals surface area contributed by atoms with Gasteiger partial charge in [0.15, 0.2) is 6.10 Å². The number of esters is 1. The molecule has 0 bridgehead atoms. The van der Waals surface area contributed by atoms with Gasteiger partial charge in [-0.05, 0) is 41.5 Å². The summed E-state index contributed by atoms with van der Waals surface area (Å²) in [5.41, 5.74) is 7.24. The smallest absolute Gasteiger partial charge is 0.311 e. The van der Waals surface area contributed by atoms with Gasteiger partial charge < -0.3 is 4.74 Å². The molecular weight excluding hydrogens is 326 g/mol. The van der Waals surface area contributed by atoms with Crippen LogP contribution in [0.2, 0.25) is 0 Å². The number of carbonyl (C=O) groups excluding carboxylic acids is 1. The Morgan fingerprint density at radius 3 is 2.42 bits per heavy atom. The molecule has 1 aromatic carbocycles. The van der Waals surface area contributed by atoms with Gasteiger partial charge in [0.25, 0.3) is 0 Å². The normalized spacial score (nSPS) is 17.9. The fraction of sp³-hybridized carbons (Fsp3) is 0.143. The maximum Gasteiger partial charge on any atom is 0.311 e. The van der Waals surface area contributed by atoms with Crippen molar-refractivity contribution >= 4 is 11.7 Å². The van der Waals surface area contributed by atoms with Crippen LogP contribution in [0.4, 0.5) is 0 Å². The molecule has 0 spiro atoms. The Morgan fingerprint density at radius 1 is 0.923 bits per heavy atom. The van der Waals surface area contributed by atoms with E-state index in [1.54, 1.807) is 24.8 Å². The molecule has 5 heteroatoms. The van der Waals surface area contributed by atoms with Crippen molar-refractivity contribution in [3.05, 3.63) is 94.6 Å². The van der Waals surface area contributed by atoms with E-state index in [1.807, 2.05) is 24.3 Å². The highest BCUT2D eigenvalue weighted by Gasteiger charge is 2.31. The van der Waals surface area contributed by atoms with Gasteiger partial charge in [-0.2, -0.15) is 0 Å². The van der Waals surface area contributed by atoms with Crippen LogP contribution in [-0.2, 0) is 22.5 Å². The standard InChI is InChI=1S/C21H15N3O2/c25-19-10-15-9-16-12-24-20(13-1-5-22-6-2-13)17(16)11-18(15)21(26-19)14-3-7-23-8-4-14/h1-9,11,21H,10,12H2. The molecule has 0 fully saturated rings. The van der Waals surface area contributed by atoms with E-state index in [4.69, 9.17) is 9.73 Å². The summed E-state index contributed by atoms with van der Waals surface area (Å²) in [5.74, 6) is -0.201. The van der Waals surface area contributed by atoms with E-state index >= 15 is 0 Å². The van der Waals surface area contributed by atoms with E-state index in [1.165, 1.54) is 0 Å². The Balaban J connectivity index is 1.64. The number of nitrogens with zero attached hydrogens (tertiary/aromatic N) is 3. The van der Waals surface area contributed by atoms with Crippen LogP contribution < -0.4 is 0 Å². The summed E-state index contributed by atoms with van der Waals surface area (Å²) in [6.07, 6.45) is 6.88. The van der Waals surface area contributed by atoms with Gasteiger partial charge in [0.2, 0.25) is 0 Å². The highest BCUT2D eigenvalue weighted by Crippen LogP contribution is 2.37. The first-order valence-corrected chi connectivity index (χ1v) is 8.50. The van der Waals surface area contributed by atoms with Gasteiger partial charge in [-0.15, -0.1) is 0 Å². The van der Waals surface area contributed by atoms with Crippen LogP contribution in [0.15, 0.2) is 66.2 Å². The van der Waals surface area contributed by atoms with Crippen LogP contribution in [0, 0.1) is 0 Å². The number of fused-ring (bicyclic) bond motifs is 2. The third-order valence-electron chi connectivity index (χ3n) is 4.86. The van der Waals surface area contributed by atoms with Gasteiger partial charge in [0, 0.05) is 47.0 Å². The Kier molecular flexibility index (Phi) is 3.38. The largest absolute Gasteiger partial charge is 0.452 e. The lowest BCUT2D eigenvalue weighted by molar-refractivity contribution is -0.148. The highest BCUT2D eigenvalue weighted by atomic mass is 16.5. The zero-order chi connectivity index (χ0) is 17.5. The first-order valence-electron chi connectivity index (χ1n) is 8.50. The molecule has 3 aromatic rings. The van der Waals surface area contributed by atoms with Crippen molar-refractivity contribution in [1.29, 1.82) is 0 Å². The van der Waals surface area contributed by atoms with Crippen molar-refractivity contribution in [2.75, 3.05) is 0 Å². The second kappa shape index (κ2) is 5.88. The first-order chi connectivity index (χ1) is 12.8. The van der Waals surface area contributed by atoms with Crippen molar-refractivity contribution < 1.29 is 9.53 Å². The minimum atomic E-state index is -0.404. The van der Waals surface area contributed by atoms with Gasteiger partial charge in [-0.1, -0.05) is 6.07 Å². The molecule has 0 amide bonds. The van der Waals surface area contributed by atoms with E-state index in [-0.39, 0.29) is 5.97 Å². The minimum Gasteiger partial charge on any atom is -0.452 e. The molecule has 2 aliphatic heterocycles. The summed E-state index contributed by atoms with van der Waals surface area (Å²) in [6, 6.07) is 11.9. The Bertz CT molecular complexity index is 1030. The second-order valence-electron chi connectivity index (χ2n) is 6.44. The lowest BCUT2D eigenvalue weighted by atomic mass is 9.88. The maximum atomic E-state index is 12.1. The quantitative estimate of drug-likeness (QED) is 0.672. The van der Waals surface area contributed by atoms with Crippen molar-refractivity contribution in [2.45, 2.75) is 19.1 Å². The summed E-state index contributed by atoms with van der Waals surface area (Å²) in [6.45, 7) is 0.634. The van der Waals surface area contributed by atoms with Gasteiger partial charge in [0.1, 0.15) is 0 Å². The van der Waals surface area contributed by atoms with Crippen molar-refractivity contribution in [3.8, 4) is 0 Å². The SMILES string of the molecule is O=C1Cc2cc3c(cc2C(c2ccncc2)O1)C(c1ccncc1)=NC3. The molecule has 1 atom stereocenters. The zero-order valence-corrected chi connectivity index (χ0v) is 13.9. The predicted molar refractivity (Wildman–Crippen MR) is 95.9 cm³/mol. The number of hydrogen-bond donors (Lipinski definition) is 0. The molecule has 126 valence electrons. The number of carbonyl (C=O) groups is 1. The maximum absolute atomic E-state index is 12.1. The van der Waals surface area contributed by atoms with E-state index in [9.17, 15) is 4.79 Å². The molecule has 0 radical (unpaired) electrons. The molecule has 2 aliphatic rings. The number of ether oxygens (including phenoxy) is 1. The number of rotatable bonds is 2. The van der Waals surface area contributed by atoms with E-state index in [0.717, 1.165) is 39.1 Å². The molecule has 0 N–H and O–H groups in total. The lowest BCUT2D eigenvalue weighted by Crippen LogP contribution is -2.23. The van der Waals surface area contributed by atoms with Gasteiger partial charge >= 0.3 is 5.97 Å². The zero-order valence-electron chi connectivity index (χ0n) is 13.9. The van der Waals surface area contributed by atoms with E-state index in [0.29, 0.717) is 13.0 Å². The molecule has 1 unspecified atom stereocenters. The van der Waals surface area contributed by atoms with Crippen molar-refractivity contribution in [2.24, 2.45) is 4.99 Å². The molecule has 5 nitrogen and oxygen atoms in total. The highest BCUT2D eigenvalue weighted by molar-refractivity contribution is 6.15. The molecule has 0 saturated carbocycles. The molecule has 0 saturated heterocycles. The number of aromatic nitrogens is 2. The fourth-order valence-corrected chi connectivity index (χ4v) is 3.64. The lowest BCUT2D eigenvalue weighted by Gasteiger charge is -2.27. The number of benzene rings is 1.